The maximum Gasteiger partial charge on any atom is 0.258 e. The van der Waals surface area contributed by atoms with Gasteiger partial charge in [-0.2, -0.15) is 0 Å². The number of furan rings is 1. The second kappa shape index (κ2) is 6.98. The Labute approximate surface area is 150 Å². The maximum absolute atomic E-state index is 12.4. The number of aromatic nitrogens is 2. The minimum Gasteiger partial charge on any atom is -0.467 e. The highest BCUT2D eigenvalue weighted by Gasteiger charge is 2.16. The van der Waals surface area contributed by atoms with Gasteiger partial charge in [-0.25, -0.2) is 4.98 Å². The van der Waals surface area contributed by atoms with Crippen LogP contribution >= 0.6 is 0 Å². The van der Waals surface area contributed by atoms with Gasteiger partial charge in [0.1, 0.15) is 11.4 Å². The van der Waals surface area contributed by atoms with Crippen LogP contribution in [0.25, 0.3) is 5.65 Å². The van der Waals surface area contributed by atoms with E-state index in [0.29, 0.717) is 17.9 Å². The molecule has 0 bridgehead atoms. The van der Waals surface area contributed by atoms with E-state index in [9.17, 15) is 4.79 Å². The van der Waals surface area contributed by atoms with Crippen molar-refractivity contribution in [2.75, 3.05) is 0 Å². The molecule has 1 atom stereocenters. The van der Waals surface area contributed by atoms with Crippen LogP contribution in [0.5, 0.6) is 0 Å². The van der Waals surface area contributed by atoms with Gasteiger partial charge in [-0.15, -0.1) is 0 Å². The van der Waals surface area contributed by atoms with Crippen molar-refractivity contribution in [2.24, 2.45) is 0 Å². The fourth-order valence-corrected chi connectivity index (χ4v) is 3.04. The van der Waals surface area contributed by atoms with Crippen LogP contribution in [0.15, 0.2) is 82.3 Å². The Bertz CT molecular complexity index is 1070. The molecule has 4 aromatic rings. The molecule has 5 heteroatoms. The number of pyridine rings is 1. The van der Waals surface area contributed by atoms with E-state index in [-0.39, 0.29) is 11.6 Å². The molecular weight excluding hydrogens is 326 g/mol. The third kappa shape index (κ3) is 3.30. The smallest absolute Gasteiger partial charge is 0.258 e. The van der Waals surface area contributed by atoms with E-state index in [1.54, 1.807) is 22.9 Å². The normalized spacial score (nSPS) is 12.3. The summed E-state index contributed by atoms with van der Waals surface area (Å²) < 4.78 is 7.17. The molecule has 130 valence electrons. The Morgan fingerprint density at radius 3 is 2.73 bits per heavy atom. The lowest BCUT2D eigenvalue weighted by Gasteiger charge is -2.17. The van der Waals surface area contributed by atoms with Crippen LogP contribution < -0.4 is 10.9 Å². The summed E-state index contributed by atoms with van der Waals surface area (Å²) in [6, 6.07) is 19.2. The summed E-state index contributed by atoms with van der Waals surface area (Å²) in [6.07, 6.45) is 3.47. The topological polar surface area (TPSA) is 59.5 Å². The summed E-state index contributed by atoms with van der Waals surface area (Å²) in [7, 11) is 0. The highest BCUT2D eigenvalue weighted by Crippen LogP contribution is 2.22. The highest BCUT2D eigenvalue weighted by molar-refractivity contribution is 5.40. The van der Waals surface area contributed by atoms with Crippen molar-refractivity contribution in [3.63, 3.8) is 0 Å². The second-order valence-electron chi connectivity index (χ2n) is 6.26. The number of benzene rings is 1. The first kappa shape index (κ1) is 16.3. The van der Waals surface area contributed by atoms with Crippen LogP contribution in [0, 0.1) is 6.92 Å². The van der Waals surface area contributed by atoms with Crippen LogP contribution in [-0.4, -0.2) is 9.38 Å². The van der Waals surface area contributed by atoms with Gasteiger partial charge in [0.15, 0.2) is 0 Å². The fraction of sp³-hybridized carbons (Fsp3) is 0.143. The quantitative estimate of drug-likeness (QED) is 0.602. The first-order valence-corrected chi connectivity index (χ1v) is 8.51. The summed E-state index contributed by atoms with van der Waals surface area (Å²) in [5.41, 5.74) is 3.38. The number of hydrogen-bond acceptors (Lipinski definition) is 4. The molecule has 26 heavy (non-hydrogen) atoms. The van der Waals surface area contributed by atoms with Crippen LogP contribution in [0.4, 0.5) is 0 Å². The number of hydrogen-bond donors (Lipinski definition) is 1. The van der Waals surface area contributed by atoms with Gasteiger partial charge in [-0.1, -0.05) is 36.4 Å². The molecule has 3 aromatic heterocycles. The molecule has 0 amide bonds. The molecule has 0 saturated heterocycles. The number of aryl methyl sites for hydroxylation is 1. The molecule has 3 heterocycles. The molecule has 0 unspecified atom stereocenters. The average molecular weight is 345 g/mol. The lowest BCUT2D eigenvalue weighted by Crippen LogP contribution is -2.24. The predicted molar refractivity (Wildman–Crippen MR) is 100 cm³/mol. The molecule has 4 rings (SSSR count). The summed E-state index contributed by atoms with van der Waals surface area (Å²) in [5, 5.41) is 3.45. The SMILES string of the molecule is Cc1ccc2nc(CN[C@@H](c3ccccc3)c3ccco3)cc(=O)n2c1. The Kier molecular flexibility index (Phi) is 4.37. The van der Waals surface area contributed by atoms with Crippen molar-refractivity contribution in [1.29, 1.82) is 0 Å². The number of rotatable bonds is 5. The molecule has 0 spiro atoms. The first-order chi connectivity index (χ1) is 12.7. The molecule has 0 aliphatic carbocycles. The zero-order valence-electron chi connectivity index (χ0n) is 14.4. The number of nitrogens with one attached hydrogen (secondary N) is 1. The first-order valence-electron chi connectivity index (χ1n) is 8.51. The van der Waals surface area contributed by atoms with Crippen LogP contribution in [0.3, 0.4) is 0 Å². The molecule has 1 N–H and O–H groups in total. The zero-order chi connectivity index (χ0) is 17.9. The third-order valence-corrected chi connectivity index (χ3v) is 4.31. The fourth-order valence-electron chi connectivity index (χ4n) is 3.04. The summed E-state index contributed by atoms with van der Waals surface area (Å²) in [6.45, 7) is 2.41. The molecular formula is C21H19N3O2. The van der Waals surface area contributed by atoms with E-state index in [0.717, 1.165) is 16.9 Å². The Morgan fingerprint density at radius 1 is 1.12 bits per heavy atom. The van der Waals surface area contributed by atoms with Gasteiger partial charge in [-0.3, -0.25) is 14.5 Å². The molecule has 0 fully saturated rings. The second-order valence-corrected chi connectivity index (χ2v) is 6.26. The van der Waals surface area contributed by atoms with Crippen LogP contribution in [-0.2, 0) is 6.54 Å². The minimum atomic E-state index is -0.107. The van der Waals surface area contributed by atoms with E-state index >= 15 is 0 Å². The predicted octanol–water partition coefficient (Wildman–Crippen LogP) is 3.48. The lowest BCUT2D eigenvalue weighted by molar-refractivity contribution is 0.444. The zero-order valence-corrected chi connectivity index (χ0v) is 14.4. The molecule has 0 saturated carbocycles. The Morgan fingerprint density at radius 2 is 1.96 bits per heavy atom. The van der Waals surface area contributed by atoms with E-state index in [1.165, 1.54) is 0 Å². The minimum absolute atomic E-state index is 0.0789. The van der Waals surface area contributed by atoms with E-state index in [4.69, 9.17) is 4.42 Å². The van der Waals surface area contributed by atoms with Crippen molar-refractivity contribution in [1.82, 2.24) is 14.7 Å². The van der Waals surface area contributed by atoms with Gasteiger partial charge >= 0.3 is 0 Å². The molecule has 0 radical (unpaired) electrons. The number of nitrogens with zero attached hydrogens (tertiary/aromatic N) is 2. The highest BCUT2D eigenvalue weighted by atomic mass is 16.3. The standard InChI is InChI=1S/C21H19N3O2/c1-15-9-10-19-23-17(12-20(25)24(19)14-15)13-22-21(18-8-5-11-26-18)16-6-3-2-4-7-16/h2-12,14,21-22H,13H2,1H3/t21-/m0/s1. The molecule has 0 aliphatic rings. The average Bonchev–Trinajstić information content (AvgIpc) is 3.18. The molecule has 5 nitrogen and oxygen atoms in total. The van der Waals surface area contributed by atoms with E-state index < -0.39 is 0 Å². The van der Waals surface area contributed by atoms with Gasteiger partial charge in [0.2, 0.25) is 0 Å². The van der Waals surface area contributed by atoms with Gasteiger partial charge in [-0.05, 0) is 36.2 Å². The van der Waals surface area contributed by atoms with Gasteiger partial charge in [0.05, 0.1) is 18.0 Å². The van der Waals surface area contributed by atoms with Gasteiger partial charge in [0.25, 0.3) is 5.56 Å². The van der Waals surface area contributed by atoms with Gasteiger partial charge in [0, 0.05) is 18.8 Å². The van der Waals surface area contributed by atoms with Crippen LogP contribution in [0.2, 0.25) is 0 Å². The third-order valence-electron chi connectivity index (χ3n) is 4.31. The monoisotopic (exact) mass is 345 g/mol. The Balaban J connectivity index is 1.63. The van der Waals surface area contributed by atoms with Crippen molar-refractivity contribution < 1.29 is 4.42 Å². The molecule has 1 aromatic carbocycles. The van der Waals surface area contributed by atoms with E-state index in [2.05, 4.69) is 10.3 Å². The van der Waals surface area contributed by atoms with Crippen LogP contribution in [0.1, 0.15) is 28.6 Å². The largest absolute Gasteiger partial charge is 0.467 e. The van der Waals surface area contributed by atoms with Gasteiger partial charge < -0.3 is 4.42 Å². The van der Waals surface area contributed by atoms with Crippen molar-refractivity contribution >= 4 is 5.65 Å². The van der Waals surface area contributed by atoms with Crippen molar-refractivity contribution in [2.45, 2.75) is 19.5 Å². The summed E-state index contributed by atoms with van der Waals surface area (Å²) >= 11 is 0. The van der Waals surface area contributed by atoms with Crippen molar-refractivity contribution in [3.05, 3.63) is 106 Å². The Hall–Kier alpha value is -3.18. The number of fused-ring (bicyclic) bond motifs is 1. The summed E-state index contributed by atoms with van der Waals surface area (Å²) in [4.78, 5) is 17.0. The summed E-state index contributed by atoms with van der Waals surface area (Å²) in [5.74, 6) is 0.823. The van der Waals surface area contributed by atoms with Crippen molar-refractivity contribution in [3.8, 4) is 0 Å². The van der Waals surface area contributed by atoms with E-state index in [1.807, 2.05) is 61.5 Å². The lowest BCUT2D eigenvalue weighted by atomic mass is 10.0. The molecule has 0 aliphatic heterocycles. The maximum atomic E-state index is 12.4.